The fourth-order valence-corrected chi connectivity index (χ4v) is 4.82. The molecule has 1 fully saturated rings. The number of piperazine rings is 1. The molecule has 1 aliphatic heterocycles. The van der Waals surface area contributed by atoms with Crippen LogP contribution in [0.1, 0.15) is 15.9 Å². The van der Waals surface area contributed by atoms with E-state index in [-0.39, 0.29) is 29.9 Å². The van der Waals surface area contributed by atoms with Crippen molar-refractivity contribution in [2.24, 2.45) is 0 Å². The summed E-state index contributed by atoms with van der Waals surface area (Å²) in [5.74, 6) is -0.0281. The SMILES string of the molecule is CN1CCN(C(=O)c2ccc(NC(=O)COc3ccc(S(=O)(=O)NCc4ccccc4)cc3)cc2)CC1. The zero-order valence-corrected chi connectivity index (χ0v) is 21.4. The van der Waals surface area contributed by atoms with Gasteiger partial charge in [-0.15, -0.1) is 0 Å². The largest absolute Gasteiger partial charge is 0.484 e. The lowest BCUT2D eigenvalue weighted by Gasteiger charge is -2.32. The molecule has 3 aromatic rings. The first-order chi connectivity index (χ1) is 17.8. The van der Waals surface area contributed by atoms with Gasteiger partial charge >= 0.3 is 0 Å². The number of nitrogens with one attached hydrogen (secondary N) is 2. The van der Waals surface area contributed by atoms with E-state index < -0.39 is 10.0 Å². The van der Waals surface area contributed by atoms with Crippen molar-refractivity contribution >= 4 is 27.5 Å². The molecule has 0 radical (unpaired) electrons. The Kier molecular flexibility index (Phi) is 8.54. The van der Waals surface area contributed by atoms with Crippen molar-refractivity contribution in [3.8, 4) is 5.75 Å². The van der Waals surface area contributed by atoms with Gasteiger partial charge in [-0.3, -0.25) is 9.59 Å². The van der Waals surface area contributed by atoms with Crippen LogP contribution in [0.15, 0.2) is 83.8 Å². The molecule has 3 aromatic carbocycles. The minimum absolute atomic E-state index is 0.0185. The van der Waals surface area contributed by atoms with Gasteiger partial charge in [0.15, 0.2) is 6.61 Å². The standard InChI is InChI=1S/C27H30N4O5S/c1-30-15-17-31(18-16-30)27(33)22-7-9-23(10-8-22)29-26(32)20-36-24-11-13-25(14-12-24)37(34,35)28-19-21-5-3-2-4-6-21/h2-14,28H,15-20H2,1H3,(H,29,32). The number of carbonyl (C=O) groups excluding carboxylic acids is 2. The maximum absolute atomic E-state index is 12.6. The minimum atomic E-state index is -3.68. The summed E-state index contributed by atoms with van der Waals surface area (Å²) >= 11 is 0. The van der Waals surface area contributed by atoms with Crippen LogP contribution in [0.3, 0.4) is 0 Å². The summed E-state index contributed by atoms with van der Waals surface area (Å²) in [6.45, 7) is 3.03. The van der Waals surface area contributed by atoms with Gasteiger partial charge in [-0.2, -0.15) is 0 Å². The normalized spacial score (nSPS) is 14.2. The van der Waals surface area contributed by atoms with Gasteiger partial charge in [-0.1, -0.05) is 30.3 Å². The lowest BCUT2D eigenvalue weighted by atomic mass is 10.1. The summed E-state index contributed by atoms with van der Waals surface area (Å²) in [6.07, 6.45) is 0. The number of likely N-dealkylation sites (N-methyl/N-ethyl adjacent to an activating group) is 1. The number of carbonyl (C=O) groups is 2. The molecule has 1 saturated heterocycles. The minimum Gasteiger partial charge on any atom is -0.484 e. The molecule has 1 aliphatic rings. The third-order valence-electron chi connectivity index (χ3n) is 6.02. The van der Waals surface area contributed by atoms with Crippen molar-refractivity contribution in [2.75, 3.05) is 45.2 Å². The topological polar surface area (TPSA) is 108 Å². The molecule has 0 aromatic heterocycles. The Hall–Kier alpha value is -3.73. The van der Waals surface area contributed by atoms with E-state index >= 15 is 0 Å². The fourth-order valence-electron chi connectivity index (χ4n) is 3.81. The molecular formula is C27H30N4O5S. The maximum atomic E-state index is 12.6. The van der Waals surface area contributed by atoms with E-state index in [4.69, 9.17) is 4.74 Å². The highest BCUT2D eigenvalue weighted by Crippen LogP contribution is 2.17. The molecule has 0 saturated carbocycles. The van der Waals surface area contributed by atoms with Crippen molar-refractivity contribution in [2.45, 2.75) is 11.4 Å². The molecule has 4 rings (SSSR count). The molecule has 0 spiro atoms. The Morgan fingerprint density at radius 2 is 1.51 bits per heavy atom. The Balaban J connectivity index is 1.24. The third-order valence-corrected chi connectivity index (χ3v) is 7.44. The van der Waals surface area contributed by atoms with E-state index in [1.807, 2.05) is 42.3 Å². The number of sulfonamides is 1. The fraction of sp³-hybridized carbons (Fsp3) is 0.259. The number of benzene rings is 3. The van der Waals surface area contributed by atoms with Gasteiger partial charge in [0, 0.05) is 44.0 Å². The molecule has 2 N–H and O–H groups in total. The second-order valence-corrected chi connectivity index (χ2v) is 10.6. The van der Waals surface area contributed by atoms with Crippen LogP contribution in [-0.4, -0.2) is 69.9 Å². The van der Waals surface area contributed by atoms with E-state index in [0.29, 0.717) is 30.1 Å². The average Bonchev–Trinajstić information content (AvgIpc) is 2.92. The van der Waals surface area contributed by atoms with Crippen LogP contribution >= 0.6 is 0 Å². The number of nitrogens with zero attached hydrogens (tertiary/aromatic N) is 2. The predicted octanol–water partition coefficient (Wildman–Crippen LogP) is 2.57. The molecule has 0 aliphatic carbocycles. The first-order valence-electron chi connectivity index (χ1n) is 11.9. The van der Waals surface area contributed by atoms with Gasteiger partial charge in [0.2, 0.25) is 10.0 Å². The molecule has 2 amide bonds. The predicted molar refractivity (Wildman–Crippen MR) is 141 cm³/mol. The molecular weight excluding hydrogens is 492 g/mol. The maximum Gasteiger partial charge on any atom is 0.262 e. The summed E-state index contributed by atoms with van der Waals surface area (Å²) < 4.78 is 33.1. The zero-order chi connectivity index (χ0) is 26.3. The third kappa shape index (κ3) is 7.39. The van der Waals surface area contributed by atoms with E-state index in [2.05, 4.69) is 14.9 Å². The number of amides is 2. The van der Waals surface area contributed by atoms with Crippen LogP contribution in [0, 0.1) is 0 Å². The first kappa shape index (κ1) is 26.3. The first-order valence-corrected chi connectivity index (χ1v) is 13.4. The highest BCUT2D eigenvalue weighted by molar-refractivity contribution is 7.89. The van der Waals surface area contributed by atoms with Gasteiger partial charge in [-0.25, -0.2) is 13.1 Å². The van der Waals surface area contributed by atoms with E-state index in [9.17, 15) is 18.0 Å². The van der Waals surface area contributed by atoms with Crippen LogP contribution in [0.2, 0.25) is 0 Å². The van der Waals surface area contributed by atoms with Crippen LogP contribution in [0.4, 0.5) is 5.69 Å². The molecule has 9 nitrogen and oxygen atoms in total. The second-order valence-electron chi connectivity index (χ2n) is 8.79. The number of rotatable bonds is 9. The van der Waals surface area contributed by atoms with E-state index in [1.165, 1.54) is 24.3 Å². The van der Waals surface area contributed by atoms with Crippen LogP contribution in [0.5, 0.6) is 5.75 Å². The quantitative estimate of drug-likeness (QED) is 0.447. The zero-order valence-electron chi connectivity index (χ0n) is 20.6. The van der Waals surface area contributed by atoms with Crippen molar-refractivity contribution in [1.29, 1.82) is 0 Å². The molecule has 0 atom stereocenters. The Morgan fingerprint density at radius 3 is 2.16 bits per heavy atom. The molecule has 1 heterocycles. The Labute approximate surface area is 217 Å². The van der Waals surface area contributed by atoms with Crippen molar-refractivity contribution in [3.63, 3.8) is 0 Å². The van der Waals surface area contributed by atoms with Gasteiger partial charge in [0.1, 0.15) is 5.75 Å². The van der Waals surface area contributed by atoms with Gasteiger partial charge in [0.25, 0.3) is 11.8 Å². The second kappa shape index (κ2) is 12.0. The monoisotopic (exact) mass is 522 g/mol. The van der Waals surface area contributed by atoms with Crippen LogP contribution in [0.25, 0.3) is 0 Å². The summed E-state index contributed by atoms with van der Waals surface area (Å²) in [7, 11) is -1.64. The summed E-state index contributed by atoms with van der Waals surface area (Å²) in [5, 5.41) is 2.73. The molecule has 0 unspecified atom stereocenters. The van der Waals surface area contributed by atoms with Crippen LogP contribution < -0.4 is 14.8 Å². The molecule has 0 bridgehead atoms. The highest BCUT2D eigenvalue weighted by atomic mass is 32.2. The summed E-state index contributed by atoms with van der Waals surface area (Å²) in [5.41, 5.74) is 1.98. The van der Waals surface area contributed by atoms with E-state index in [1.54, 1.807) is 24.3 Å². The number of hydrogen-bond acceptors (Lipinski definition) is 6. The van der Waals surface area contributed by atoms with Gasteiger partial charge in [-0.05, 0) is 61.1 Å². The lowest BCUT2D eigenvalue weighted by Crippen LogP contribution is -2.47. The Bertz CT molecular complexity index is 1310. The van der Waals surface area contributed by atoms with Gasteiger partial charge < -0.3 is 19.9 Å². The number of hydrogen-bond donors (Lipinski definition) is 2. The molecule has 10 heteroatoms. The number of ether oxygens (including phenoxy) is 1. The number of anilines is 1. The lowest BCUT2D eigenvalue weighted by molar-refractivity contribution is -0.118. The Morgan fingerprint density at radius 1 is 0.865 bits per heavy atom. The van der Waals surface area contributed by atoms with Crippen LogP contribution in [-0.2, 0) is 21.4 Å². The van der Waals surface area contributed by atoms with E-state index in [0.717, 1.165) is 18.7 Å². The molecule has 194 valence electrons. The molecule has 37 heavy (non-hydrogen) atoms. The van der Waals surface area contributed by atoms with Gasteiger partial charge in [0.05, 0.1) is 4.90 Å². The highest BCUT2D eigenvalue weighted by Gasteiger charge is 2.20. The van der Waals surface area contributed by atoms with Crippen molar-refractivity contribution in [3.05, 3.63) is 90.0 Å². The van der Waals surface area contributed by atoms with Crippen molar-refractivity contribution < 1.29 is 22.7 Å². The smallest absolute Gasteiger partial charge is 0.262 e. The summed E-state index contributed by atoms with van der Waals surface area (Å²) in [4.78, 5) is 29.1. The summed E-state index contributed by atoms with van der Waals surface area (Å²) in [6, 6.07) is 21.9. The average molecular weight is 523 g/mol. The van der Waals surface area contributed by atoms with Crippen molar-refractivity contribution in [1.82, 2.24) is 14.5 Å².